The van der Waals surface area contributed by atoms with Crippen molar-refractivity contribution >= 4 is 11.6 Å². The number of H-pyrrole nitrogens is 1. The second-order valence-electron chi connectivity index (χ2n) is 9.59. The van der Waals surface area contributed by atoms with Gasteiger partial charge in [0.05, 0.1) is 12.3 Å². The Morgan fingerprint density at radius 3 is 2.59 bits per heavy atom. The lowest BCUT2D eigenvalue weighted by Gasteiger charge is -2.38. The molecular weight excluding hydrogens is 398 g/mol. The third-order valence-corrected chi connectivity index (χ3v) is 6.44. The molecule has 0 spiro atoms. The molecule has 1 atom stereocenters. The molecule has 0 saturated heterocycles. The molecular formula is C27H29N3O2. The molecule has 2 N–H and O–H groups in total. The number of aromatic nitrogens is 2. The summed E-state index contributed by atoms with van der Waals surface area (Å²) >= 11 is 0. The molecule has 5 heteroatoms. The van der Waals surface area contributed by atoms with E-state index in [9.17, 15) is 4.79 Å². The van der Waals surface area contributed by atoms with Crippen molar-refractivity contribution < 1.29 is 9.53 Å². The number of aryl methyl sites for hydroxylation is 1. The van der Waals surface area contributed by atoms with E-state index in [-0.39, 0.29) is 17.1 Å². The smallest absolute Gasteiger partial charge is 0.162 e. The number of para-hydroxylation sites is 1. The lowest BCUT2D eigenvalue weighted by atomic mass is 9.68. The van der Waals surface area contributed by atoms with Gasteiger partial charge in [-0.15, -0.1) is 0 Å². The minimum atomic E-state index is -0.234. The Labute approximate surface area is 188 Å². The van der Waals surface area contributed by atoms with Gasteiger partial charge < -0.3 is 10.1 Å². The maximum absolute atomic E-state index is 13.6. The molecule has 0 bridgehead atoms. The summed E-state index contributed by atoms with van der Waals surface area (Å²) < 4.78 is 6.01. The van der Waals surface area contributed by atoms with Gasteiger partial charge >= 0.3 is 0 Å². The number of carbonyl (C=O) groups excluding carboxylic acids is 1. The summed E-state index contributed by atoms with van der Waals surface area (Å²) in [6.45, 7) is 8.93. The average Bonchev–Trinajstić information content (AvgIpc) is 3.16. The van der Waals surface area contributed by atoms with Crippen LogP contribution in [0.4, 0.5) is 5.82 Å². The highest BCUT2D eigenvalue weighted by molar-refractivity contribution is 6.02. The number of carbonyl (C=O) groups is 1. The number of ketones is 1. The van der Waals surface area contributed by atoms with Gasteiger partial charge in [0, 0.05) is 34.7 Å². The number of ether oxygens (including phenoxy) is 1. The first-order valence-corrected chi connectivity index (χ1v) is 11.3. The molecule has 5 nitrogen and oxygen atoms in total. The van der Waals surface area contributed by atoms with Crippen LogP contribution in [0.5, 0.6) is 5.75 Å². The fourth-order valence-corrected chi connectivity index (χ4v) is 5.05. The fraction of sp³-hybridized carbons (Fsp3) is 0.333. The van der Waals surface area contributed by atoms with Gasteiger partial charge in [-0.2, -0.15) is 5.10 Å². The molecule has 2 aliphatic rings. The van der Waals surface area contributed by atoms with Crippen LogP contribution >= 0.6 is 0 Å². The van der Waals surface area contributed by atoms with E-state index < -0.39 is 0 Å². The summed E-state index contributed by atoms with van der Waals surface area (Å²) in [6.07, 6.45) is 1.35. The van der Waals surface area contributed by atoms with Crippen LogP contribution in [0, 0.1) is 12.3 Å². The van der Waals surface area contributed by atoms with E-state index in [1.165, 1.54) is 5.56 Å². The van der Waals surface area contributed by atoms with Crippen LogP contribution in [0.2, 0.25) is 0 Å². The van der Waals surface area contributed by atoms with Crippen LogP contribution in [-0.4, -0.2) is 22.6 Å². The van der Waals surface area contributed by atoms with Crippen molar-refractivity contribution in [3.63, 3.8) is 0 Å². The third kappa shape index (κ3) is 3.42. The quantitative estimate of drug-likeness (QED) is 0.537. The van der Waals surface area contributed by atoms with E-state index in [1.807, 2.05) is 25.1 Å². The normalized spacial score (nSPS) is 19.2. The van der Waals surface area contributed by atoms with Crippen LogP contribution in [0.3, 0.4) is 0 Å². The van der Waals surface area contributed by atoms with Crippen molar-refractivity contribution in [3.05, 3.63) is 76.5 Å². The van der Waals surface area contributed by atoms with Gasteiger partial charge in [0.25, 0.3) is 0 Å². The van der Waals surface area contributed by atoms with Gasteiger partial charge in [-0.1, -0.05) is 61.9 Å². The van der Waals surface area contributed by atoms with Crippen LogP contribution in [-0.2, 0) is 4.79 Å². The number of fused-ring (bicyclic) bond motifs is 1. The number of hydrogen-bond acceptors (Lipinski definition) is 4. The monoisotopic (exact) mass is 427 g/mol. The zero-order valence-electron chi connectivity index (χ0n) is 19.1. The van der Waals surface area contributed by atoms with E-state index in [1.54, 1.807) is 0 Å². The van der Waals surface area contributed by atoms with E-state index >= 15 is 0 Å². The number of hydrogen-bond donors (Lipinski definition) is 2. The van der Waals surface area contributed by atoms with Crippen molar-refractivity contribution in [3.8, 4) is 17.0 Å². The summed E-state index contributed by atoms with van der Waals surface area (Å²) in [4.78, 5) is 13.6. The second kappa shape index (κ2) is 7.66. The highest BCUT2D eigenvalue weighted by atomic mass is 16.5. The second-order valence-corrected chi connectivity index (χ2v) is 9.59. The standard InChI is InChI=1S/C27H29N3O2/c1-5-32-21-9-7-6-8-18(21)22-23-19(14-27(3,4)15-20(23)31)28-26-24(22)25(29-30-26)17-12-10-16(2)11-13-17/h6-13,22H,5,14-15H2,1-4H3,(H2,28,29,30). The van der Waals surface area contributed by atoms with Gasteiger partial charge in [-0.25, -0.2) is 0 Å². The zero-order chi connectivity index (χ0) is 22.5. The van der Waals surface area contributed by atoms with E-state index in [4.69, 9.17) is 4.74 Å². The topological polar surface area (TPSA) is 67.0 Å². The van der Waals surface area contributed by atoms with E-state index in [0.29, 0.717) is 13.0 Å². The molecule has 1 aromatic heterocycles. The van der Waals surface area contributed by atoms with Crippen LogP contribution in [0.1, 0.15) is 56.2 Å². The summed E-state index contributed by atoms with van der Waals surface area (Å²) in [5.41, 5.74) is 6.95. The maximum atomic E-state index is 13.6. The molecule has 2 heterocycles. The molecule has 1 unspecified atom stereocenters. The Hall–Kier alpha value is -3.34. The first-order chi connectivity index (χ1) is 15.4. The molecule has 0 radical (unpaired) electrons. The molecule has 1 aliphatic carbocycles. The number of anilines is 1. The molecule has 2 aromatic carbocycles. The summed E-state index contributed by atoms with van der Waals surface area (Å²) in [5, 5.41) is 11.4. The number of allylic oxidation sites excluding steroid dienone is 2. The van der Waals surface area contributed by atoms with Gasteiger partial charge in [0.1, 0.15) is 5.75 Å². The number of Topliss-reactive ketones (excluding diaryl/α,β-unsaturated/α-hetero) is 1. The number of nitrogens with zero attached hydrogens (tertiary/aromatic N) is 1. The summed E-state index contributed by atoms with van der Waals surface area (Å²) in [7, 11) is 0. The Morgan fingerprint density at radius 1 is 1.09 bits per heavy atom. The SMILES string of the molecule is CCOc1ccccc1C1C2=C(CC(C)(C)CC2=O)Nc2n[nH]c(-c3ccc(C)cc3)c21. The van der Waals surface area contributed by atoms with Gasteiger partial charge in [-0.05, 0) is 37.3 Å². The third-order valence-electron chi connectivity index (χ3n) is 6.44. The molecule has 32 heavy (non-hydrogen) atoms. The molecule has 3 aromatic rings. The maximum Gasteiger partial charge on any atom is 0.162 e. The highest BCUT2D eigenvalue weighted by Crippen LogP contribution is 2.52. The van der Waals surface area contributed by atoms with E-state index in [2.05, 4.69) is 66.6 Å². The number of aromatic amines is 1. The molecule has 164 valence electrons. The molecule has 0 amide bonds. The lowest BCUT2D eigenvalue weighted by Crippen LogP contribution is -2.33. The van der Waals surface area contributed by atoms with Crippen LogP contribution in [0.25, 0.3) is 11.3 Å². The minimum Gasteiger partial charge on any atom is -0.494 e. The molecule has 1 aliphatic heterocycles. The van der Waals surface area contributed by atoms with E-state index in [0.717, 1.165) is 51.6 Å². The van der Waals surface area contributed by atoms with Crippen LogP contribution in [0.15, 0.2) is 59.8 Å². The predicted octanol–water partition coefficient (Wildman–Crippen LogP) is 5.98. The van der Waals surface area contributed by atoms with Crippen molar-refractivity contribution in [2.45, 2.75) is 46.5 Å². The Balaban J connectivity index is 1.75. The first kappa shape index (κ1) is 20.6. The fourth-order valence-electron chi connectivity index (χ4n) is 5.05. The van der Waals surface area contributed by atoms with Crippen molar-refractivity contribution in [1.82, 2.24) is 10.2 Å². The Kier molecular flexibility index (Phi) is 4.92. The largest absolute Gasteiger partial charge is 0.494 e. The van der Waals surface area contributed by atoms with Crippen molar-refractivity contribution in [1.29, 1.82) is 0 Å². The number of rotatable bonds is 4. The lowest BCUT2D eigenvalue weighted by molar-refractivity contribution is -0.118. The Morgan fingerprint density at radius 2 is 1.84 bits per heavy atom. The van der Waals surface area contributed by atoms with Crippen molar-refractivity contribution in [2.75, 3.05) is 11.9 Å². The zero-order valence-corrected chi connectivity index (χ0v) is 19.1. The molecule has 0 saturated carbocycles. The first-order valence-electron chi connectivity index (χ1n) is 11.3. The highest BCUT2D eigenvalue weighted by Gasteiger charge is 2.43. The van der Waals surface area contributed by atoms with Gasteiger partial charge in [0.2, 0.25) is 0 Å². The summed E-state index contributed by atoms with van der Waals surface area (Å²) in [6, 6.07) is 16.5. The predicted molar refractivity (Wildman–Crippen MR) is 127 cm³/mol. The number of benzene rings is 2. The van der Waals surface area contributed by atoms with Crippen LogP contribution < -0.4 is 10.1 Å². The molecule has 0 fully saturated rings. The van der Waals surface area contributed by atoms with Crippen molar-refractivity contribution in [2.24, 2.45) is 5.41 Å². The summed E-state index contributed by atoms with van der Waals surface area (Å²) in [5.74, 6) is 1.57. The Bertz CT molecular complexity index is 1220. The minimum absolute atomic E-state index is 0.0828. The number of nitrogens with one attached hydrogen (secondary N) is 2. The average molecular weight is 428 g/mol. The van der Waals surface area contributed by atoms with Gasteiger partial charge in [-0.3, -0.25) is 9.89 Å². The van der Waals surface area contributed by atoms with Gasteiger partial charge in [0.15, 0.2) is 11.6 Å². The molecule has 5 rings (SSSR count).